The van der Waals surface area contributed by atoms with Crippen LogP contribution < -0.4 is 5.32 Å². The van der Waals surface area contributed by atoms with Gasteiger partial charge in [-0.05, 0) is 29.8 Å². The van der Waals surface area contributed by atoms with Crippen molar-refractivity contribution in [3.05, 3.63) is 59.7 Å². The van der Waals surface area contributed by atoms with Crippen molar-refractivity contribution >= 4 is 17.0 Å². The van der Waals surface area contributed by atoms with Crippen molar-refractivity contribution in [1.82, 2.24) is 19.6 Å². The first-order chi connectivity index (χ1) is 10.3. The maximum Gasteiger partial charge on any atom is 0.155 e. The van der Waals surface area contributed by atoms with Gasteiger partial charge in [0.15, 0.2) is 5.65 Å². The largest absolute Gasteiger partial charge is 0.390 e. The number of aliphatic hydroxyl groups excluding tert-OH is 1. The molecule has 0 atom stereocenters. The van der Waals surface area contributed by atoms with E-state index in [1.54, 1.807) is 10.8 Å². The Morgan fingerprint density at radius 3 is 3.10 bits per heavy atom. The lowest BCUT2D eigenvalue weighted by atomic mass is 9.97. The molecule has 6 nitrogen and oxygen atoms in total. The minimum absolute atomic E-state index is 0.0566. The minimum atomic E-state index is -0.0566. The number of nitrogens with zero attached hydrogens (tertiary/aromatic N) is 4. The molecule has 0 fully saturated rings. The van der Waals surface area contributed by atoms with Crippen molar-refractivity contribution in [3.63, 3.8) is 0 Å². The van der Waals surface area contributed by atoms with Gasteiger partial charge in [-0.25, -0.2) is 14.5 Å². The summed E-state index contributed by atoms with van der Waals surface area (Å²) in [5.41, 5.74) is 4.68. The average molecular weight is 279 g/mol. The molecular weight excluding hydrogens is 266 g/mol. The third-order valence-electron chi connectivity index (χ3n) is 3.57. The van der Waals surface area contributed by atoms with Crippen LogP contribution >= 0.6 is 0 Å². The van der Waals surface area contributed by atoms with Crippen LogP contribution in [0.4, 0.5) is 5.82 Å². The highest BCUT2D eigenvalue weighted by molar-refractivity contribution is 5.87. The number of pyridine rings is 2. The molecule has 6 heteroatoms. The van der Waals surface area contributed by atoms with Gasteiger partial charge in [-0.15, -0.1) is 0 Å². The fourth-order valence-electron chi connectivity index (χ4n) is 2.55. The number of aliphatic hydroxyl groups is 1. The average Bonchev–Trinajstić information content (AvgIpc) is 3.01. The Morgan fingerprint density at radius 1 is 1.24 bits per heavy atom. The zero-order valence-electron chi connectivity index (χ0n) is 11.2. The van der Waals surface area contributed by atoms with Crippen molar-refractivity contribution in [2.75, 3.05) is 11.9 Å². The smallest absolute Gasteiger partial charge is 0.155 e. The summed E-state index contributed by atoms with van der Waals surface area (Å²) in [6.45, 7) is 0.651. The summed E-state index contributed by atoms with van der Waals surface area (Å²) in [4.78, 5) is 8.57. The second kappa shape index (κ2) is 4.68. The predicted molar refractivity (Wildman–Crippen MR) is 78.7 cm³/mol. The summed E-state index contributed by atoms with van der Waals surface area (Å²) < 4.78 is 1.76. The lowest BCUT2D eigenvalue weighted by Gasteiger charge is -2.19. The molecule has 1 aliphatic heterocycles. The van der Waals surface area contributed by atoms with Crippen LogP contribution in [-0.4, -0.2) is 31.2 Å². The molecule has 4 rings (SSSR count). The molecule has 0 amide bonds. The summed E-state index contributed by atoms with van der Waals surface area (Å²) >= 11 is 0. The van der Waals surface area contributed by atoms with Crippen LogP contribution in [0.15, 0.2) is 42.9 Å². The van der Waals surface area contributed by atoms with Crippen LogP contribution in [0.3, 0.4) is 0 Å². The number of rotatable bonds is 2. The highest BCUT2D eigenvalue weighted by atomic mass is 16.3. The maximum atomic E-state index is 9.19. The first-order valence-corrected chi connectivity index (χ1v) is 6.70. The Bertz CT molecular complexity index is 852. The van der Waals surface area contributed by atoms with Gasteiger partial charge in [0, 0.05) is 23.9 Å². The van der Waals surface area contributed by atoms with Gasteiger partial charge < -0.3 is 10.4 Å². The predicted octanol–water partition coefficient (Wildman–Crippen LogP) is 1.47. The fourth-order valence-corrected chi connectivity index (χ4v) is 2.55. The molecule has 0 spiro atoms. The third kappa shape index (κ3) is 1.96. The van der Waals surface area contributed by atoms with Crippen LogP contribution in [0.5, 0.6) is 0 Å². The number of nitrogens with one attached hydrogen (secondary N) is 1. The number of aromatic nitrogens is 4. The van der Waals surface area contributed by atoms with Gasteiger partial charge in [0.1, 0.15) is 12.1 Å². The molecule has 0 saturated carbocycles. The summed E-state index contributed by atoms with van der Waals surface area (Å²) in [5, 5.41) is 16.6. The zero-order valence-corrected chi connectivity index (χ0v) is 11.2. The van der Waals surface area contributed by atoms with Gasteiger partial charge in [0.05, 0.1) is 12.3 Å². The first kappa shape index (κ1) is 12.0. The Morgan fingerprint density at radius 2 is 2.19 bits per heavy atom. The van der Waals surface area contributed by atoms with Gasteiger partial charge >= 0.3 is 0 Å². The SMILES string of the molecule is OCc1ccc2c(n1)NCC=C2c1ccc2ncnn2c1. The monoisotopic (exact) mass is 279 g/mol. The molecule has 0 saturated heterocycles. The van der Waals surface area contributed by atoms with Crippen molar-refractivity contribution in [1.29, 1.82) is 0 Å². The molecular formula is C15H13N5O. The highest BCUT2D eigenvalue weighted by Crippen LogP contribution is 2.31. The first-order valence-electron chi connectivity index (χ1n) is 6.70. The molecule has 0 radical (unpaired) electrons. The Hall–Kier alpha value is -2.73. The molecule has 0 unspecified atom stereocenters. The van der Waals surface area contributed by atoms with Gasteiger partial charge in [-0.2, -0.15) is 5.10 Å². The van der Waals surface area contributed by atoms with E-state index in [9.17, 15) is 5.11 Å². The van der Waals surface area contributed by atoms with Gasteiger partial charge in [-0.1, -0.05) is 6.08 Å². The lowest BCUT2D eigenvalue weighted by molar-refractivity contribution is 0.277. The molecule has 21 heavy (non-hydrogen) atoms. The molecule has 1 aliphatic rings. The summed E-state index contributed by atoms with van der Waals surface area (Å²) in [5.74, 6) is 0.803. The summed E-state index contributed by atoms with van der Waals surface area (Å²) in [6.07, 6.45) is 5.63. The second-order valence-electron chi connectivity index (χ2n) is 4.84. The van der Waals surface area contributed by atoms with E-state index in [4.69, 9.17) is 0 Å². The van der Waals surface area contributed by atoms with E-state index in [0.717, 1.165) is 28.2 Å². The van der Waals surface area contributed by atoms with Gasteiger partial charge in [0.25, 0.3) is 0 Å². The quantitative estimate of drug-likeness (QED) is 0.743. The van der Waals surface area contributed by atoms with Crippen LogP contribution in [0, 0.1) is 0 Å². The molecule has 4 heterocycles. The van der Waals surface area contributed by atoms with Crippen molar-refractivity contribution in [2.24, 2.45) is 0 Å². The molecule has 3 aromatic heterocycles. The van der Waals surface area contributed by atoms with E-state index in [-0.39, 0.29) is 6.61 Å². The normalized spacial score (nSPS) is 13.7. The molecule has 0 aliphatic carbocycles. The third-order valence-corrected chi connectivity index (χ3v) is 3.57. The van der Waals surface area contributed by atoms with Crippen LogP contribution in [0.2, 0.25) is 0 Å². The topological polar surface area (TPSA) is 75.3 Å². The van der Waals surface area contributed by atoms with Crippen molar-refractivity contribution < 1.29 is 5.11 Å². The van der Waals surface area contributed by atoms with Gasteiger partial charge in [-0.3, -0.25) is 0 Å². The fraction of sp³-hybridized carbons (Fsp3) is 0.133. The Balaban J connectivity index is 1.84. The zero-order chi connectivity index (χ0) is 14.2. The molecule has 0 aromatic carbocycles. The number of anilines is 1. The van der Waals surface area contributed by atoms with Crippen molar-refractivity contribution in [3.8, 4) is 0 Å². The van der Waals surface area contributed by atoms with Crippen LogP contribution in [-0.2, 0) is 6.61 Å². The number of fused-ring (bicyclic) bond motifs is 2. The Kier molecular flexibility index (Phi) is 2.68. The van der Waals surface area contributed by atoms with E-state index in [0.29, 0.717) is 12.2 Å². The van der Waals surface area contributed by atoms with Gasteiger partial charge in [0.2, 0.25) is 0 Å². The van der Waals surface area contributed by atoms with E-state index < -0.39 is 0 Å². The molecule has 104 valence electrons. The minimum Gasteiger partial charge on any atom is -0.390 e. The molecule has 2 N–H and O–H groups in total. The second-order valence-corrected chi connectivity index (χ2v) is 4.84. The maximum absolute atomic E-state index is 9.19. The molecule has 0 bridgehead atoms. The summed E-state index contributed by atoms with van der Waals surface area (Å²) in [7, 11) is 0. The lowest BCUT2D eigenvalue weighted by Crippen LogP contribution is -2.12. The molecule has 3 aromatic rings. The number of hydrogen-bond donors (Lipinski definition) is 2. The number of hydrogen-bond acceptors (Lipinski definition) is 5. The Labute approximate surface area is 120 Å². The van der Waals surface area contributed by atoms with Crippen LogP contribution in [0.25, 0.3) is 11.2 Å². The standard InChI is InChI=1S/C15H13N5O/c21-8-11-2-3-13-12(5-6-16-15(13)19-11)10-1-4-14-17-9-18-20(14)7-10/h1-5,7,9,21H,6,8H2,(H,16,19). The summed E-state index contributed by atoms with van der Waals surface area (Å²) in [6, 6.07) is 7.80. The van der Waals surface area contributed by atoms with E-state index >= 15 is 0 Å². The van der Waals surface area contributed by atoms with E-state index in [1.807, 2.05) is 30.5 Å². The van der Waals surface area contributed by atoms with E-state index in [2.05, 4.69) is 26.5 Å². The van der Waals surface area contributed by atoms with E-state index in [1.165, 1.54) is 0 Å². The highest BCUT2D eigenvalue weighted by Gasteiger charge is 2.16. The van der Waals surface area contributed by atoms with Crippen molar-refractivity contribution in [2.45, 2.75) is 6.61 Å². The van der Waals surface area contributed by atoms with Crippen LogP contribution in [0.1, 0.15) is 16.8 Å².